The Morgan fingerprint density at radius 3 is 2.73 bits per heavy atom. The summed E-state index contributed by atoms with van der Waals surface area (Å²) in [6, 6.07) is 10.3. The van der Waals surface area contributed by atoms with Gasteiger partial charge in [-0.3, -0.25) is 4.40 Å². The summed E-state index contributed by atoms with van der Waals surface area (Å²) in [4.78, 5) is 5.67. The number of imidazole rings is 1. The van der Waals surface area contributed by atoms with Crippen LogP contribution in [0.15, 0.2) is 41.9 Å². The molecular weight excluding hydrogens is 319 g/mol. The topological polar surface area (TPSA) is 17.3 Å². The Balaban J connectivity index is 2.27. The van der Waals surface area contributed by atoms with Crippen LogP contribution in [-0.2, 0) is 0 Å². The van der Waals surface area contributed by atoms with E-state index in [4.69, 9.17) is 0 Å². The molecule has 0 spiro atoms. The minimum absolute atomic E-state index is 1.05. The van der Waals surface area contributed by atoms with Gasteiger partial charge >= 0.3 is 0 Å². The van der Waals surface area contributed by atoms with E-state index in [0.29, 0.717) is 0 Å². The van der Waals surface area contributed by atoms with E-state index in [-0.39, 0.29) is 0 Å². The van der Waals surface area contributed by atoms with Crippen LogP contribution in [0, 0.1) is 3.70 Å². The molecule has 3 rings (SSSR count). The van der Waals surface area contributed by atoms with E-state index in [1.165, 1.54) is 9.26 Å². The lowest BCUT2D eigenvalue weighted by atomic mass is 10.2. The van der Waals surface area contributed by atoms with Crippen LogP contribution in [0.3, 0.4) is 0 Å². The quantitative estimate of drug-likeness (QED) is 0.624. The smallest absolute Gasteiger partial charge is 0.195 e. The molecule has 15 heavy (non-hydrogen) atoms. The zero-order chi connectivity index (χ0) is 10.3. The van der Waals surface area contributed by atoms with Crippen molar-refractivity contribution in [3.63, 3.8) is 0 Å². The van der Waals surface area contributed by atoms with Crippen LogP contribution >= 0.6 is 33.9 Å². The van der Waals surface area contributed by atoms with Gasteiger partial charge in [0.15, 0.2) is 4.96 Å². The summed E-state index contributed by atoms with van der Waals surface area (Å²) in [6.07, 6.45) is 2.06. The molecule has 2 heterocycles. The largest absolute Gasteiger partial charge is 0.285 e. The van der Waals surface area contributed by atoms with E-state index >= 15 is 0 Å². The van der Waals surface area contributed by atoms with E-state index in [2.05, 4.69) is 55.7 Å². The maximum atomic E-state index is 4.62. The van der Waals surface area contributed by atoms with Gasteiger partial charge in [0.25, 0.3) is 0 Å². The van der Waals surface area contributed by atoms with E-state index in [1.807, 2.05) is 18.2 Å². The fraction of sp³-hybridized carbons (Fsp3) is 0. The van der Waals surface area contributed by atoms with Crippen LogP contribution in [-0.4, -0.2) is 9.38 Å². The highest BCUT2D eigenvalue weighted by Gasteiger charge is 2.11. The van der Waals surface area contributed by atoms with Crippen molar-refractivity contribution in [3.8, 4) is 11.3 Å². The average molecular weight is 326 g/mol. The predicted molar refractivity (Wildman–Crippen MR) is 71.2 cm³/mol. The number of nitrogens with zero attached hydrogens (tertiary/aromatic N) is 2. The van der Waals surface area contributed by atoms with Gasteiger partial charge < -0.3 is 0 Å². The van der Waals surface area contributed by atoms with E-state index in [1.54, 1.807) is 11.3 Å². The molecule has 0 saturated heterocycles. The highest BCUT2D eigenvalue weighted by molar-refractivity contribution is 14.1. The summed E-state index contributed by atoms with van der Waals surface area (Å²) in [5, 5.41) is 2.05. The third-order valence-corrected chi connectivity index (χ3v) is 4.04. The van der Waals surface area contributed by atoms with Gasteiger partial charge in [-0.15, -0.1) is 11.3 Å². The normalized spacial score (nSPS) is 11.0. The Kier molecular flexibility index (Phi) is 2.25. The van der Waals surface area contributed by atoms with Gasteiger partial charge in [0.2, 0.25) is 0 Å². The number of hydrogen-bond donors (Lipinski definition) is 0. The number of thiazole rings is 1. The molecule has 74 valence electrons. The van der Waals surface area contributed by atoms with Gasteiger partial charge in [0, 0.05) is 17.1 Å². The second-order valence-corrected chi connectivity index (χ2v) is 5.07. The molecule has 4 heteroatoms. The van der Waals surface area contributed by atoms with E-state index in [9.17, 15) is 0 Å². The number of fused-ring (bicyclic) bond motifs is 1. The molecule has 0 fully saturated rings. The Morgan fingerprint density at radius 1 is 1.20 bits per heavy atom. The molecule has 0 unspecified atom stereocenters. The molecule has 0 N–H and O–H groups in total. The molecule has 1 aromatic carbocycles. The first-order chi connectivity index (χ1) is 7.36. The number of benzene rings is 1. The maximum absolute atomic E-state index is 4.62. The van der Waals surface area contributed by atoms with E-state index in [0.717, 1.165) is 10.7 Å². The molecule has 0 atom stereocenters. The van der Waals surface area contributed by atoms with Crippen molar-refractivity contribution in [1.82, 2.24) is 9.38 Å². The minimum Gasteiger partial charge on any atom is -0.285 e. The maximum Gasteiger partial charge on any atom is 0.195 e. The zero-order valence-corrected chi connectivity index (χ0v) is 10.7. The summed E-state index contributed by atoms with van der Waals surface area (Å²) < 4.78 is 3.29. The van der Waals surface area contributed by atoms with Gasteiger partial charge in [0.05, 0.1) is 0 Å². The molecule has 3 aromatic rings. The summed E-state index contributed by atoms with van der Waals surface area (Å²) in [7, 11) is 0. The van der Waals surface area contributed by atoms with Crippen LogP contribution in [0.25, 0.3) is 16.2 Å². The van der Waals surface area contributed by atoms with Gasteiger partial charge in [0.1, 0.15) is 9.39 Å². The second-order valence-electron chi connectivity index (χ2n) is 3.17. The van der Waals surface area contributed by atoms with Crippen molar-refractivity contribution >= 4 is 38.9 Å². The number of aromatic nitrogens is 2. The fourth-order valence-electron chi connectivity index (χ4n) is 1.54. The molecule has 0 amide bonds. The van der Waals surface area contributed by atoms with Gasteiger partial charge in [-0.2, -0.15) is 0 Å². The average Bonchev–Trinajstić information content (AvgIpc) is 2.83. The lowest BCUT2D eigenvalue weighted by molar-refractivity contribution is 1.19. The Morgan fingerprint density at radius 2 is 2.00 bits per heavy atom. The lowest BCUT2D eigenvalue weighted by Gasteiger charge is -1.96. The number of rotatable bonds is 1. The first kappa shape index (κ1) is 9.35. The summed E-state index contributed by atoms with van der Waals surface area (Å²) in [5.41, 5.74) is 2.25. The van der Waals surface area contributed by atoms with Crippen molar-refractivity contribution in [1.29, 1.82) is 0 Å². The molecule has 0 aliphatic carbocycles. The van der Waals surface area contributed by atoms with Gasteiger partial charge in [-0.25, -0.2) is 4.98 Å². The first-order valence-electron chi connectivity index (χ1n) is 4.53. The van der Waals surface area contributed by atoms with Crippen molar-refractivity contribution < 1.29 is 0 Å². The van der Waals surface area contributed by atoms with Crippen LogP contribution in [0.4, 0.5) is 0 Å². The zero-order valence-electron chi connectivity index (χ0n) is 7.72. The third-order valence-electron chi connectivity index (χ3n) is 2.25. The molecule has 0 aliphatic heterocycles. The molecule has 2 aromatic heterocycles. The number of halogens is 1. The van der Waals surface area contributed by atoms with E-state index < -0.39 is 0 Å². The van der Waals surface area contributed by atoms with Crippen LogP contribution in [0.5, 0.6) is 0 Å². The van der Waals surface area contributed by atoms with Crippen molar-refractivity contribution in [3.05, 3.63) is 45.6 Å². The predicted octanol–water partition coefficient (Wildman–Crippen LogP) is 3.67. The lowest BCUT2D eigenvalue weighted by Crippen LogP contribution is -1.82. The standard InChI is InChI=1S/C11H7IN2S/c12-10-9(8-4-2-1-3-5-8)13-11-14(10)6-7-15-11/h1-7H. The summed E-state index contributed by atoms with van der Waals surface area (Å²) in [6.45, 7) is 0. The van der Waals surface area contributed by atoms with Crippen LogP contribution in [0.2, 0.25) is 0 Å². The second kappa shape index (κ2) is 3.61. The van der Waals surface area contributed by atoms with Crippen LogP contribution < -0.4 is 0 Å². The van der Waals surface area contributed by atoms with Crippen molar-refractivity contribution in [2.45, 2.75) is 0 Å². The molecule has 0 aliphatic rings. The monoisotopic (exact) mass is 326 g/mol. The first-order valence-corrected chi connectivity index (χ1v) is 6.48. The van der Waals surface area contributed by atoms with Crippen molar-refractivity contribution in [2.75, 3.05) is 0 Å². The highest BCUT2D eigenvalue weighted by atomic mass is 127. The van der Waals surface area contributed by atoms with Gasteiger partial charge in [-0.1, -0.05) is 30.3 Å². The van der Waals surface area contributed by atoms with Crippen LogP contribution in [0.1, 0.15) is 0 Å². The molecule has 0 saturated carbocycles. The number of hydrogen-bond acceptors (Lipinski definition) is 2. The SMILES string of the molecule is Ic1c(-c2ccccc2)nc2sccn12. The summed E-state index contributed by atoms with van der Waals surface area (Å²) >= 11 is 4.01. The van der Waals surface area contributed by atoms with Gasteiger partial charge in [-0.05, 0) is 22.6 Å². The fourth-order valence-corrected chi connectivity index (χ4v) is 3.24. The Bertz CT molecular complexity index is 597. The Hall–Kier alpha value is -0.880. The minimum atomic E-state index is 1.05. The molecule has 0 bridgehead atoms. The third kappa shape index (κ3) is 1.48. The molecular formula is C11H7IN2S. The Labute approximate surface area is 105 Å². The molecule has 2 nitrogen and oxygen atoms in total. The highest BCUT2D eigenvalue weighted by Crippen LogP contribution is 2.27. The van der Waals surface area contributed by atoms with Crippen molar-refractivity contribution in [2.24, 2.45) is 0 Å². The molecule has 0 radical (unpaired) electrons. The summed E-state index contributed by atoms with van der Waals surface area (Å²) in [5.74, 6) is 0.